The summed E-state index contributed by atoms with van der Waals surface area (Å²) in [7, 11) is 0. The number of amides is 1. The number of furan rings is 1. The lowest BCUT2D eigenvalue weighted by Gasteiger charge is -2.11. The van der Waals surface area contributed by atoms with E-state index >= 15 is 0 Å². The molecule has 6 heteroatoms. The number of nitrogens with two attached hydrogens (primary N) is 1. The Morgan fingerprint density at radius 1 is 1.14 bits per heavy atom. The Morgan fingerprint density at radius 3 is 2.50 bits per heavy atom. The van der Waals surface area contributed by atoms with Gasteiger partial charge in [-0.15, -0.1) is 0 Å². The van der Waals surface area contributed by atoms with Gasteiger partial charge in [0.15, 0.2) is 0 Å². The van der Waals surface area contributed by atoms with Crippen LogP contribution in [0.2, 0.25) is 0 Å². The highest BCUT2D eigenvalue weighted by atomic mass is 16.3. The van der Waals surface area contributed by atoms with Crippen molar-refractivity contribution in [1.82, 2.24) is 0 Å². The van der Waals surface area contributed by atoms with E-state index < -0.39 is 0 Å². The zero-order chi connectivity index (χ0) is 20.7. The zero-order valence-electron chi connectivity index (χ0n) is 16.0. The van der Waals surface area contributed by atoms with Crippen LogP contribution in [0.4, 0.5) is 11.4 Å². The molecule has 0 unspecified atom stereocenters. The molecule has 1 amide bonds. The molecule has 2 aromatic carbocycles. The fourth-order valence-electron chi connectivity index (χ4n) is 2.60. The van der Waals surface area contributed by atoms with E-state index in [-0.39, 0.29) is 11.6 Å². The number of rotatable bonds is 4. The molecule has 28 heavy (non-hydrogen) atoms. The third-order valence-corrected chi connectivity index (χ3v) is 3.99. The molecule has 0 atom stereocenters. The van der Waals surface area contributed by atoms with Crippen molar-refractivity contribution in [2.24, 2.45) is 0 Å². The van der Waals surface area contributed by atoms with Crippen LogP contribution in [0.15, 0.2) is 59.4 Å². The third kappa shape index (κ3) is 4.46. The molecule has 0 bridgehead atoms. The minimum Gasteiger partial charge on any atom is -0.472 e. The summed E-state index contributed by atoms with van der Waals surface area (Å²) in [5.41, 5.74) is 9.94. The Kier molecular flexibility index (Phi) is 6.72. The van der Waals surface area contributed by atoms with Crippen molar-refractivity contribution in [2.45, 2.75) is 20.8 Å². The predicted molar refractivity (Wildman–Crippen MR) is 111 cm³/mol. The molecule has 0 saturated carbocycles. The van der Waals surface area contributed by atoms with Crippen LogP contribution in [0.3, 0.4) is 0 Å². The molecule has 1 aromatic heterocycles. The summed E-state index contributed by atoms with van der Waals surface area (Å²) in [6, 6.07) is 13.6. The van der Waals surface area contributed by atoms with Gasteiger partial charge < -0.3 is 15.5 Å². The molecule has 0 aliphatic carbocycles. The lowest BCUT2D eigenvalue weighted by Crippen LogP contribution is -2.14. The summed E-state index contributed by atoms with van der Waals surface area (Å²) in [4.78, 5) is 12.5. The minimum atomic E-state index is -0.294. The fourth-order valence-corrected chi connectivity index (χ4v) is 2.60. The standard InChI is InChI=1S/C20H16N4O2.C2H6/c1-12-8-13(10-21)2-4-16(12)20(25)24-15-3-5-18(22)17(9-15)19(23)14-6-7-26-11-14;1-2/h2-9,11,23H,22H2,1H3,(H,24,25);1-2H3. The van der Waals surface area contributed by atoms with Crippen molar-refractivity contribution in [1.29, 1.82) is 10.7 Å². The second kappa shape index (κ2) is 9.19. The maximum atomic E-state index is 12.5. The van der Waals surface area contributed by atoms with Gasteiger partial charge in [0.05, 0.1) is 29.9 Å². The number of aryl methyl sites for hydroxylation is 1. The van der Waals surface area contributed by atoms with Crippen LogP contribution < -0.4 is 11.1 Å². The zero-order valence-corrected chi connectivity index (χ0v) is 16.0. The second-order valence-electron chi connectivity index (χ2n) is 5.78. The van der Waals surface area contributed by atoms with Gasteiger partial charge in [-0.2, -0.15) is 5.26 Å². The monoisotopic (exact) mass is 374 g/mol. The third-order valence-electron chi connectivity index (χ3n) is 3.99. The number of nitriles is 1. The number of benzene rings is 2. The number of hydrogen-bond acceptors (Lipinski definition) is 5. The molecule has 0 fully saturated rings. The van der Waals surface area contributed by atoms with Crippen LogP contribution in [0, 0.1) is 23.7 Å². The van der Waals surface area contributed by atoms with Crippen molar-refractivity contribution in [3.8, 4) is 6.07 Å². The molecule has 0 saturated heterocycles. The Bertz CT molecular complexity index is 1030. The molecule has 0 radical (unpaired) electrons. The molecule has 0 aliphatic heterocycles. The number of nitrogen functional groups attached to an aromatic ring is 1. The molecule has 6 nitrogen and oxygen atoms in total. The maximum Gasteiger partial charge on any atom is 0.255 e. The van der Waals surface area contributed by atoms with Crippen LogP contribution in [0.5, 0.6) is 0 Å². The first kappa shape index (κ1) is 20.5. The summed E-state index contributed by atoms with van der Waals surface area (Å²) in [5.74, 6) is -0.294. The smallest absolute Gasteiger partial charge is 0.255 e. The summed E-state index contributed by atoms with van der Waals surface area (Å²) >= 11 is 0. The SMILES string of the molecule is CC.Cc1cc(C#N)ccc1C(=O)Nc1ccc(N)c(C(=N)c2ccoc2)c1. The average molecular weight is 374 g/mol. The molecular weight excluding hydrogens is 352 g/mol. The van der Waals surface area contributed by atoms with Gasteiger partial charge in [-0.3, -0.25) is 10.2 Å². The second-order valence-corrected chi connectivity index (χ2v) is 5.78. The van der Waals surface area contributed by atoms with Crippen LogP contribution in [-0.4, -0.2) is 11.6 Å². The molecule has 1 heterocycles. The Balaban J connectivity index is 0.00000136. The minimum absolute atomic E-state index is 0.210. The highest BCUT2D eigenvalue weighted by Crippen LogP contribution is 2.22. The van der Waals surface area contributed by atoms with Crippen molar-refractivity contribution in [3.63, 3.8) is 0 Å². The van der Waals surface area contributed by atoms with Crippen LogP contribution in [-0.2, 0) is 0 Å². The summed E-state index contributed by atoms with van der Waals surface area (Å²) in [6.45, 7) is 5.78. The van der Waals surface area contributed by atoms with E-state index in [0.29, 0.717) is 39.2 Å². The quantitative estimate of drug-likeness (QED) is 0.452. The molecule has 0 aliphatic rings. The highest BCUT2D eigenvalue weighted by molar-refractivity contribution is 6.14. The molecular formula is C22H22N4O2. The summed E-state index contributed by atoms with van der Waals surface area (Å²) in [6.07, 6.45) is 2.95. The van der Waals surface area contributed by atoms with Crippen LogP contribution in [0.1, 0.15) is 46.5 Å². The van der Waals surface area contributed by atoms with E-state index in [0.717, 1.165) is 0 Å². The molecule has 0 spiro atoms. The van der Waals surface area contributed by atoms with E-state index in [1.807, 2.05) is 19.9 Å². The van der Waals surface area contributed by atoms with E-state index in [1.165, 1.54) is 12.5 Å². The molecule has 4 N–H and O–H groups in total. The maximum absolute atomic E-state index is 12.5. The highest BCUT2D eigenvalue weighted by Gasteiger charge is 2.14. The Labute approximate surface area is 164 Å². The van der Waals surface area contributed by atoms with Gasteiger partial charge in [0.2, 0.25) is 0 Å². The average Bonchev–Trinajstić information content (AvgIpc) is 3.25. The fraction of sp³-hybridized carbons (Fsp3) is 0.136. The van der Waals surface area contributed by atoms with E-state index in [9.17, 15) is 4.79 Å². The van der Waals surface area contributed by atoms with Crippen molar-refractivity contribution < 1.29 is 9.21 Å². The molecule has 3 rings (SSSR count). The number of carbonyl (C=O) groups excluding carboxylic acids is 1. The van der Waals surface area contributed by atoms with Crippen molar-refractivity contribution in [2.75, 3.05) is 11.1 Å². The summed E-state index contributed by atoms with van der Waals surface area (Å²) < 4.78 is 5.01. The topological polar surface area (TPSA) is 116 Å². The summed E-state index contributed by atoms with van der Waals surface area (Å²) in [5, 5.41) is 20.0. The first-order valence-corrected chi connectivity index (χ1v) is 8.82. The van der Waals surface area contributed by atoms with Gasteiger partial charge in [0.1, 0.15) is 0 Å². The van der Waals surface area contributed by atoms with Crippen molar-refractivity contribution >= 4 is 23.0 Å². The van der Waals surface area contributed by atoms with Gasteiger partial charge in [-0.05, 0) is 55.0 Å². The van der Waals surface area contributed by atoms with Crippen molar-refractivity contribution in [3.05, 3.63) is 82.8 Å². The van der Waals surface area contributed by atoms with Gasteiger partial charge in [0.25, 0.3) is 5.91 Å². The largest absolute Gasteiger partial charge is 0.472 e. The Hall–Kier alpha value is -3.85. The molecule has 3 aromatic rings. The van der Waals surface area contributed by atoms with E-state index in [4.69, 9.17) is 20.8 Å². The van der Waals surface area contributed by atoms with Crippen LogP contribution in [0.25, 0.3) is 0 Å². The lowest BCUT2D eigenvalue weighted by molar-refractivity contribution is 0.102. The van der Waals surface area contributed by atoms with Crippen LogP contribution >= 0.6 is 0 Å². The first-order valence-electron chi connectivity index (χ1n) is 8.82. The molecule has 142 valence electrons. The number of nitrogens with one attached hydrogen (secondary N) is 2. The van der Waals surface area contributed by atoms with Gasteiger partial charge in [-0.1, -0.05) is 13.8 Å². The first-order chi connectivity index (χ1) is 13.5. The number of nitrogens with zero attached hydrogens (tertiary/aromatic N) is 1. The Morgan fingerprint density at radius 2 is 1.89 bits per heavy atom. The van der Waals surface area contributed by atoms with E-state index in [1.54, 1.807) is 49.4 Å². The number of anilines is 2. The van der Waals surface area contributed by atoms with E-state index in [2.05, 4.69) is 5.32 Å². The van der Waals surface area contributed by atoms with Gasteiger partial charge in [0, 0.05) is 28.1 Å². The van der Waals surface area contributed by atoms with Gasteiger partial charge >= 0.3 is 0 Å². The normalized spacial score (nSPS) is 9.64. The lowest BCUT2D eigenvalue weighted by atomic mass is 10.0. The number of carbonyl (C=O) groups is 1. The predicted octanol–water partition coefficient (Wildman–Crippen LogP) is 4.74. The number of hydrogen-bond donors (Lipinski definition) is 3. The van der Waals surface area contributed by atoms with Gasteiger partial charge in [-0.25, -0.2) is 0 Å².